The highest BCUT2D eigenvalue weighted by molar-refractivity contribution is 5.47. The Morgan fingerprint density at radius 2 is 1.94 bits per heavy atom. The number of nitrogens with two attached hydrogens (primary N) is 1. The first-order valence-corrected chi connectivity index (χ1v) is 5.20. The van der Waals surface area contributed by atoms with Crippen LogP contribution in [0.4, 0.5) is 19.0 Å². The van der Waals surface area contributed by atoms with Gasteiger partial charge in [0.1, 0.15) is 5.82 Å². The molecule has 96 valence electrons. The Morgan fingerprint density at radius 1 is 1.35 bits per heavy atom. The lowest BCUT2D eigenvalue weighted by atomic mass is 9.96. The molecule has 0 amide bonds. The van der Waals surface area contributed by atoms with Crippen molar-refractivity contribution in [2.75, 3.05) is 5.32 Å². The van der Waals surface area contributed by atoms with Crippen molar-refractivity contribution in [3.05, 3.63) is 23.9 Å². The Hall–Kier alpha value is -1.30. The average Bonchev–Trinajstić information content (AvgIpc) is 2.15. The van der Waals surface area contributed by atoms with Crippen molar-refractivity contribution < 1.29 is 13.2 Å². The van der Waals surface area contributed by atoms with Crippen LogP contribution in [0, 0.1) is 0 Å². The van der Waals surface area contributed by atoms with E-state index in [4.69, 9.17) is 5.73 Å². The third kappa shape index (κ3) is 3.33. The molecule has 0 aliphatic heterocycles. The van der Waals surface area contributed by atoms with E-state index >= 15 is 0 Å². The summed E-state index contributed by atoms with van der Waals surface area (Å²) in [5, 5.41) is 2.74. The maximum Gasteiger partial charge on any atom is 0.419 e. The normalized spacial score (nSPS) is 14.5. The van der Waals surface area contributed by atoms with E-state index in [0.29, 0.717) is 0 Å². The van der Waals surface area contributed by atoms with Crippen molar-refractivity contribution in [2.24, 2.45) is 5.73 Å². The monoisotopic (exact) mass is 247 g/mol. The van der Waals surface area contributed by atoms with Crippen LogP contribution in [0.1, 0.15) is 26.3 Å². The highest BCUT2D eigenvalue weighted by atomic mass is 19.4. The molecule has 1 aromatic heterocycles. The fourth-order valence-corrected chi connectivity index (χ4v) is 1.15. The number of pyridine rings is 1. The van der Waals surface area contributed by atoms with Crippen molar-refractivity contribution in [1.82, 2.24) is 4.98 Å². The standard InChI is InChI=1S/C11H16F3N3/c1-7(15)10(2,3)17-9-8(11(12,13)14)5-4-6-16-9/h4-7H,15H2,1-3H3,(H,16,17). The molecule has 17 heavy (non-hydrogen) atoms. The summed E-state index contributed by atoms with van der Waals surface area (Å²) in [5.41, 5.74) is 4.25. The molecular weight excluding hydrogens is 231 g/mol. The van der Waals surface area contributed by atoms with Gasteiger partial charge in [-0.2, -0.15) is 13.2 Å². The van der Waals surface area contributed by atoms with E-state index in [1.54, 1.807) is 20.8 Å². The SMILES string of the molecule is CC(N)C(C)(C)Nc1ncccc1C(F)(F)F. The quantitative estimate of drug-likeness (QED) is 0.863. The van der Waals surface area contributed by atoms with E-state index in [2.05, 4.69) is 10.3 Å². The third-order valence-electron chi connectivity index (χ3n) is 2.69. The average molecular weight is 247 g/mol. The van der Waals surface area contributed by atoms with Gasteiger partial charge in [-0.3, -0.25) is 0 Å². The van der Waals surface area contributed by atoms with Crippen LogP contribution in [0.15, 0.2) is 18.3 Å². The van der Waals surface area contributed by atoms with Crippen molar-refractivity contribution in [2.45, 2.75) is 38.5 Å². The number of anilines is 1. The fourth-order valence-electron chi connectivity index (χ4n) is 1.15. The molecule has 1 aromatic rings. The molecule has 0 aromatic carbocycles. The van der Waals surface area contributed by atoms with Gasteiger partial charge >= 0.3 is 6.18 Å². The Labute approximate surface area is 98.2 Å². The van der Waals surface area contributed by atoms with Gasteiger partial charge < -0.3 is 11.1 Å². The predicted octanol–water partition coefficient (Wildman–Crippen LogP) is 2.64. The topological polar surface area (TPSA) is 50.9 Å². The van der Waals surface area contributed by atoms with Crippen LogP contribution < -0.4 is 11.1 Å². The Bertz CT molecular complexity index is 386. The van der Waals surface area contributed by atoms with Gasteiger partial charge in [-0.15, -0.1) is 0 Å². The zero-order valence-electron chi connectivity index (χ0n) is 9.97. The van der Waals surface area contributed by atoms with Gasteiger partial charge in [-0.05, 0) is 32.9 Å². The number of rotatable bonds is 3. The van der Waals surface area contributed by atoms with Crippen LogP contribution in [-0.2, 0) is 6.18 Å². The second-order valence-electron chi connectivity index (χ2n) is 4.53. The highest BCUT2D eigenvalue weighted by Gasteiger charge is 2.35. The van der Waals surface area contributed by atoms with E-state index in [-0.39, 0.29) is 11.9 Å². The first kappa shape index (κ1) is 13.8. The molecule has 0 bridgehead atoms. The van der Waals surface area contributed by atoms with Gasteiger partial charge in [0.25, 0.3) is 0 Å². The van der Waals surface area contributed by atoms with E-state index in [1.807, 2.05) is 0 Å². The molecular formula is C11H16F3N3. The lowest BCUT2D eigenvalue weighted by Gasteiger charge is -2.31. The molecule has 0 spiro atoms. The molecule has 0 aliphatic carbocycles. The summed E-state index contributed by atoms with van der Waals surface area (Å²) >= 11 is 0. The molecule has 0 radical (unpaired) electrons. The summed E-state index contributed by atoms with van der Waals surface area (Å²) in [7, 11) is 0. The van der Waals surface area contributed by atoms with Gasteiger partial charge in [-0.1, -0.05) is 0 Å². The smallest absolute Gasteiger partial charge is 0.363 e. The van der Waals surface area contributed by atoms with Crippen LogP contribution >= 0.6 is 0 Å². The number of hydrogen-bond acceptors (Lipinski definition) is 3. The number of aromatic nitrogens is 1. The molecule has 0 saturated carbocycles. The first-order valence-electron chi connectivity index (χ1n) is 5.20. The summed E-state index contributed by atoms with van der Waals surface area (Å²) in [4.78, 5) is 3.73. The van der Waals surface area contributed by atoms with Crippen LogP contribution in [0.5, 0.6) is 0 Å². The summed E-state index contributed by atoms with van der Waals surface area (Å²) in [6, 6.07) is 1.94. The van der Waals surface area contributed by atoms with E-state index in [9.17, 15) is 13.2 Å². The number of hydrogen-bond donors (Lipinski definition) is 2. The molecule has 1 unspecified atom stereocenters. The molecule has 3 nitrogen and oxygen atoms in total. The maximum absolute atomic E-state index is 12.7. The summed E-state index contributed by atoms with van der Waals surface area (Å²) < 4.78 is 38.1. The largest absolute Gasteiger partial charge is 0.419 e. The number of halogens is 3. The van der Waals surface area contributed by atoms with Crippen LogP contribution in [0.25, 0.3) is 0 Å². The van der Waals surface area contributed by atoms with E-state index in [0.717, 1.165) is 6.07 Å². The Balaban J connectivity index is 3.08. The molecule has 0 saturated heterocycles. The Morgan fingerprint density at radius 3 is 2.41 bits per heavy atom. The summed E-state index contributed by atoms with van der Waals surface area (Å²) in [5.74, 6) is -0.192. The number of alkyl halides is 3. The lowest BCUT2D eigenvalue weighted by Crippen LogP contribution is -2.47. The fraction of sp³-hybridized carbons (Fsp3) is 0.545. The molecule has 3 N–H and O–H groups in total. The molecule has 6 heteroatoms. The predicted molar refractivity (Wildman–Crippen MR) is 60.6 cm³/mol. The van der Waals surface area contributed by atoms with Gasteiger partial charge in [-0.25, -0.2) is 4.98 Å². The van der Waals surface area contributed by atoms with Crippen LogP contribution in [0.2, 0.25) is 0 Å². The first-order chi connectivity index (χ1) is 7.64. The van der Waals surface area contributed by atoms with Crippen LogP contribution in [-0.4, -0.2) is 16.6 Å². The molecule has 1 heterocycles. The van der Waals surface area contributed by atoms with Gasteiger partial charge in [0.2, 0.25) is 0 Å². The van der Waals surface area contributed by atoms with Gasteiger partial charge in [0.05, 0.1) is 5.56 Å². The number of nitrogens with one attached hydrogen (secondary N) is 1. The zero-order chi connectivity index (χ0) is 13.3. The van der Waals surface area contributed by atoms with E-state index in [1.165, 1.54) is 12.3 Å². The lowest BCUT2D eigenvalue weighted by molar-refractivity contribution is -0.137. The van der Waals surface area contributed by atoms with Crippen molar-refractivity contribution in [1.29, 1.82) is 0 Å². The molecule has 1 rings (SSSR count). The minimum absolute atomic E-state index is 0.192. The van der Waals surface area contributed by atoms with Crippen molar-refractivity contribution >= 4 is 5.82 Å². The van der Waals surface area contributed by atoms with Crippen LogP contribution in [0.3, 0.4) is 0 Å². The zero-order valence-corrected chi connectivity index (χ0v) is 9.97. The molecule has 1 atom stereocenters. The van der Waals surface area contributed by atoms with Gasteiger partial charge in [0.15, 0.2) is 0 Å². The number of nitrogens with zero attached hydrogens (tertiary/aromatic N) is 1. The maximum atomic E-state index is 12.7. The van der Waals surface area contributed by atoms with Crippen molar-refractivity contribution in [3.8, 4) is 0 Å². The second kappa shape index (κ2) is 4.52. The third-order valence-corrected chi connectivity index (χ3v) is 2.69. The van der Waals surface area contributed by atoms with E-state index < -0.39 is 17.3 Å². The highest BCUT2D eigenvalue weighted by Crippen LogP contribution is 2.34. The van der Waals surface area contributed by atoms with Crippen molar-refractivity contribution in [3.63, 3.8) is 0 Å². The second-order valence-corrected chi connectivity index (χ2v) is 4.53. The molecule has 0 fully saturated rings. The minimum Gasteiger partial charge on any atom is -0.363 e. The minimum atomic E-state index is -4.43. The van der Waals surface area contributed by atoms with Gasteiger partial charge in [0, 0.05) is 17.8 Å². The molecule has 0 aliphatic rings. The Kier molecular flexibility index (Phi) is 3.66. The summed E-state index contributed by atoms with van der Waals surface area (Å²) in [6.45, 7) is 5.18. The summed E-state index contributed by atoms with van der Waals surface area (Å²) in [6.07, 6.45) is -3.11.